The van der Waals surface area contributed by atoms with E-state index in [4.69, 9.17) is 14.7 Å². The van der Waals surface area contributed by atoms with E-state index in [1.165, 1.54) is 19.3 Å². The van der Waals surface area contributed by atoms with Crippen molar-refractivity contribution in [3.8, 4) is 17.6 Å². The quantitative estimate of drug-likeness (QED) is 0.260. The SMILES string of the molecule is COC(=O)/C(C#N)=C/c1cccc(OC(=O)COc2ccc(Br)cc2C(C)C)c1. The van der Waals surface area contributed by atoms with Gasteiger partial charge < -0.3 is 14.2 Å². The number of halogens is 1. The molecule has 0 radical (unpaired) electrons. The van der Waals surface area contributed by atoms with Gasteiger partial charge in [-0.3, -0.25) is 0 Å². The molecular formula is C22H20BrNO5. The van der Waals surface area contributed by atoms with Crippen molar-refractivity contribution >= 4 is 33.9 Å². The number of hydrogen-bond acceptors (Lipinski definition) is 6. The molecule has 2 aromatic carbocycles. The van der Waals surface area contributed by atoms with Crippen LogP contribution in [0.3, 0.4) is 0 Å². The standard InChI is InChI=1S/C22H20BrNO5/c1-14(2)19-11-17(23)7-8-20(19)28-13-21(25)29-18-6-4-5-15(10-18)9-16(12-24)22(26)27-3/h4-11,14H,13H2,1-3H3/b16-9+. The van der Waals surface area contributed by atoms with Crippen LogP contribution in [0.1, 0.15) is 30.9 Å². The highest BCUT2D eigenvalue weighted by atomic mass is 79.9. The fourth-order valence-corrected chi connectivity index (χ4v) is 2.86. The van der Waals surface area contributed by atoms with E-state index in [1.54, 1.807) is 30.3 Å². The van der Waals surface area contributed by atoms with E-state index in [-0.39, 0.29) is 23.8 Å². The fraction of sp³-hybridized carbons (Fsp3) is 0.227. The number of nitriles is 1. The van der Waals surface area contributed by atoms with Crippen LogP contribution < -0.4 is 9.47 Å². The molecule has 0 unspecified atom stereocenters. The van der Waals surface area contributed by atoms with Gasteiger partial charge in [0.1, 0.15) is 23.1 Å². The number of benzene rings is 2. The summed E-state index contributed by atoms with van der Waals surface area (Å²) >= 11 is 3.43. The Hall–Kier alpha value is -3.11. The summed E-state index contributed by atoms with van der Waals surface area (Å²) in [7, 11) is 1.20. The van der Waals surface area contributed by atoms with Crippen LogP contribution in [0, 0.1) is 11.3 Å². The number of carbonyl (C=O) groups excluding carboxylic acids is 2. The van der Waals surface area contributed by atoms with Gasteiger partial charge in [0.2, 0.25) is 0 Å². The molecule has 6 nitrogen and oxygen atoms in total. The lowest BCUT2D eigenvalue weighted by molar-refractivity contribution is -0.137. The summed E-state index contributed by atoms with van der Waals surface area (Å²) in [5.41, 5.74) is 1.34. The molecule has 0 bridgehead atoms. The number of hydrogen-bond donors (Lipinski definition) is 0. The molecule has 0 amide bonds. The zero-order chi connectivity index (χ0) is 21.4. The van der Waals surface area contributed by atoms with E-state index in [0.717, 1.165) is 10.0 Å². The first-order valence-electron chi connectivity index (χ1n) is 8.77. The highest BCUT2D eigenvalue weighted by Crippen LogP contribution is 2.29. The Morgan fingerprint density at radius 3 is 2.62 bits per heavy atom. The molecule has 0 saturated heterocycles. The molecule has 29 heavy (non-hydrogen) atoms. The van der Waals surface area contributed by atoms with E-state index >= 15 is 0 Å². The Morgan fingerprint density at radius 2 is 1.97 bits per heavy atom. The Morgan fingerprint density at radius 1 is 1.21 bits per heavy atom. The molecule has 0 aromatic heterocycles. The van der Waals surface area contributed by atoms with Crippen molar-refractivity contribution in [2.45, 2.75) is 19.8 Å². The van der Waals surface area contributed by atoms with Crippen LogP contribution in [0.5, 0.6) is 11.5 Å². The maximum absolute atomic E-state index is 12.2. The Labute approximate surface area is 177 Å². The molecule has 2 aromatic rings. The summed E-state index contributed by atoms with van der Waals surface area (Å²) in [5, 5.41) is 9.04. The summed E-state index contributed by atoms with van der Waals surface area (Å²) in [6, 6.07) is 13.8. The van der Waals surface area contributed by atoms with Crippen LogP contribution in [-0.4, -0.2) is 25.7 Å². The molecule has 0 aliphatic rings. The van der Waals surface area contributed by atoms with Crippen molar-refractivity contribution in [3.63, 3.8) is 0 Å². The third-order valence-electron chi connectivity index (χ3n) is 3.87. The van der Waals surface area contributed by atoms with Crippen molar-refractivity contribution in [2.75, 3.05) is 13.7 Å². The summed E-state index contributed by atoms with van der Waals surface area (Å²) < 4.78 is 16.4. The molecule has 0 aliphatic carbocycles. The second kappa shape index (κ2) is 10.4. The van der Waals surface area contributed by atoms with Gasteiger partial charge in [0.05, 0.1) is 7.11 Å². The number of ether oxygens (including phenoxy) is 3. The van der Waals surface area contributed by atoms with Crippen LogP contribution in [0.15, 0.2) is 52.5 Å². The first-order valence-corrected chi connectivity index (χ1v) is 9.56. The summed E-state index contributed by atoms with van der Waals surface area (Å²) in [4.78, 5) is 23.7. The Bertz CT molecular complexity index is 975. The molecule has 0 saturated carbocycles. The first kappa shape index (κ1) is 22.2. The average molecular weight is 458 g/mol. The van der Waals surface area contributed by atoms with Crippen LogP contribution in [0.25, 0.3) is 6.08 Å². The summed E-state index contributed by atoms with van der Waals surface area (Å²) in [6.45, 7) is 3.82. The summed E-state index contributed by atoms with van der Waals surface area (Å²) in [6.07, 6.45) is 1.36. The predicted molar refractivity (Wildman–Crippen MR) is 111 cm³/mol. The van der Waals surface area contributed by atoms with E-state index in [1.807, 2.05) is 26.0 Å². The number of methoxy groups -OCH3 is 1. The van der Waals surface area contributed by atoms with Gasteiger partial charge >= 0.3 is 11.9 Å². The van der Waals surface area contributed by atoms with Gasteiger partial charge in [-0.05, 0) is 53.5 Å². The molecule has 0 aliphatic heterocycles. The lowest BCUT2D eigenvalue weighted by atomic mass is 10.0. The third kappa shape index (κ3) is 6.47. The maximum Gasteiger partial charge on any atom is 0.349 e. The lowest BCUT2D eigenvalue weighted by Gasteiger charge is -2.14. The van der Waals surface area contributed by atoms with Gasteiger partial charge in [-0.2, -0.15) is 5.26 Å². The van der Waals surface area contributed by atoms with Crippen LogP contribution in [0.4, 0.5) is 0 Å². The van der Waals surface area contributed by atoms with Crippen LogP contribution >= 0.6 is 15.9 Å². The van der Waals surface area contributed by atoms with E-state index < -0.39 is 11.9 Å². The molecule has 0 N–H and O–H groups in total. The van der Waals surface area contributed by atoms with Crippen LogP contribution in [-0.2, 0) is 14.3 Å². The van der Waals surface area contributed by atoms with Crippen molar-refractivity contribution in [2.24, 2.45) is 0 Å². The minimum Gasteiger partial charge on any atom is -0.482 e. The molecule has 0 fully saturated rings. The number of nitrogens with zero attached hydrogens (tertiary/aromatic N) is 1. The molecule has 2 rings (SSSR count). The van der Waals surface area contributed by atoms with Gasteiger partial charge in [0.25, 0.3) is 0 Å². The second-order valence-corrected chi connectivity index (χ2v) is 7.25. The molecule has 7 heteroatoms. The van der Waals surface area contributed by atoms with E-state index in [9.17, 15) is 9.59 Å². The Balaban J connectivity index is 2.06. The molecule has 0 spiro atoms. The third-order valence-corrected chi connectivity index (χ3v) is 4.36. The van der Waals surface area contributed by atoms with Crippen molar-refractivity contribution in [1.29, 1.82) is 5.26 Å². The number of rotatable bonds is 7. The monoisotopic (exact) mass is 457 g/mol. The van der Waals surface area contributed by atoms with E-state index in [0.29, 0.717) is 11.3 Å². The molecule has 150 valence electrons. The van der Waals surface area contributed by atoms with Crippen molar-refractivity contribution < 1.29 is 23.8 Å². The van der Waals surface area contributed by atoms with Gasteiger partial charge in [-0.15, -0.1) is 0 Å². The largest absolute Gasteiger partial charge is 0.482 e. The average Bonchev–Trinajstić information content (AvgIpc) is 2.70. The smallest absolute Gasteiger partial charge is 0.349 e. The van der Waals surface area contributed by atoms with Gasteiger partial charge in [-0.1, -0.05) is 41.9 Å². The lowest BCUT2D eigenvalue weighted by Crippen LogP contribution is -2.18. The highest BCUT2D eigenvalue weighted by Gasteiger charge is 2.13. The molecule has 0 heterocycles. The minimum atomic E-state index is -0.737. The minimum absolute atomic E-state index is 0.157. The van der Waals surface area contributed by atoms with Crippen molar-refractivity contribution in [3.05, 3.63) is 63.6 Å². The van der Waals surface area contributed by atoms with Gasteiger partial charge in [0.15, 0.2) is 6.61 Å². The van der Waals surface area contributed by atoms with Crippen molar-refractivity contribution in [1.82, 2.24) is 0 Å². The predicted octanol–water partition coefficient (Wildman–Crippen LogP) is 4.64. The normalized spacial score (nSPS) is 11.0. The topological polar surface area (TPSA) is 85.6 Å². The van der Waals surface area contributed by atoms with Crippen LogP contribution in [0.2, 0.25) is 0 Å². The maximum atomic E-state index is 12.2. The number of esters is 2. The highest BCUT2D eigenvalue weighted by molar-refractivity contribution is 9.10. The second-order valence-electron chi connectivity index (χ2n) is 6.33. The zero-order valence-electron chi connectivity index (χ0n) is 16.3. The number of carbonyl (C=O) groups is 2. The first-order chi connectivity index (χ1) is 13.8. The fourth-order valence-electron chi connectivity index (χ4n) is 2.48. The summed E-state index contributed by atoms with van der Waals surface area (Å²) in [5.74, 6) is -0.190. The molecular weight excluding hydrogens is 438 g/mol. The van der Waals surface area contributed by atoms with Gasteiger partial charge in [-0.25, -0.2) is 9.59 Å². The van der Waals surface area contributed by atoms with Gasteiger partial charge in [0, 0.05) is 4.47 Å². The zero-order valence-corrected chi connectivity index (χ0v) is 17.9. The molecule has 0 atom stereocenters. The van der Waals surface area contributed by atoms with E-state index in [2.05, 4.69) is 20.7 Å². The Kier molecular flexibility index (Phi) is 7.98.